The van der Waals surface area contributed by atoms with Crippen LogP contribution in [0.2, 0.25) is 0 Å². The number of amides is 1. The Bertz CT molecular complexity index is 310. The number of rotatable bonds is 3. The van der Waals surface area contributed by atoms with Crippen molar-refractivity contribution in [3.63, 3.8) is 0 Å². The Hall–Kier alpha value is -0.570. The summed E-state index contributed by atoms with van der Waals surface area (Å²) in [4.78, 5) is 14.4. The van der Waals surface area contributed by atoms with Crippen LogP contribution in [-0.4, -0.2) is 37.0 Å². The molecule has 3 aliphatic rings. The Morgan fingerprint density at radius 1 is 1.17 bits per heavy atom. The Balaban J connectivity index is 1.47. The van der Waals surface area contributed by atoms with Crippen molar-refractivity contribution >= 4 is 5.91 Å². The highest BCUT2D eigenvalue weighted by Gasteiger charge is 2.40. The minimum Gasteiger partial charge on any atom is -0.343 e. The van der Waals surface area contributed by atoms with Gasteiger partial charge in [0.15, 0.2) is 0 Å². The number of piperidine rings is 1. The maximum absolute atomic E-state index is 12.3. The van der Waals surface area contributed by atoms with E-state index in [1.165, 1.54) is 25.7 Å². The van der Waals surface area contributed by atoms with Crippen LogP contribution in [0.15, 0.2) is 0 Å². The number of likely N-dealkylation sites (tertiary alicyclic amines) is 1. The fourth-order valence-corrected chi connectivity index (χ4v) is 4.40. The van der Waals surface area contributed by atoms with E-state index in [2.05, 4.69) is 10.2 Å². The average molecular weight is 250 g/mol. The fourth-order valence-electron chi connectivity index (χ4n) is 4.40. The highest BCUT2D eigenvalue weighted by Crippen LogP contribution is 2.49. The Morgan fingerprint density at radius 3 is 2.50 bits per heavy atom. The van der Waals surface area contributed by atoms with Crippen LogP contribution in [0.5, 0.6) is 0 Å². The second-order valence-corrected chi connectivity index (χ2v) is 6.58. The van der Waals surface area contributed by atoms with Crippen LogP contribution >= 0.6 is 0 Å². The zero-order chi connectivity index (χ0) is 12.5. The number of carbonyl (C=O) groups is 1. The molecule has 1 saturated heterocycles. The summed E-state index contributed by atoms with van der Waals surface area (Å²) in [5, 5.41) is 3.32. The molecule has 0 aromatic heterocycles. The van der Waals surface area contributed by atoms with Gasteiger partial charge in [-0.2, -0.15) is 0 Å². The molecule has 1 amide bonds. The summed E-state index contributed by atoms with van der Waals surface area (Å²) in [5.41, 5.74) is 0. The third-order valence-electron chi connectivity index (χ3n) is 5.58. The van der Waals surface area contributed by atoms with E-state index in [4.69, 9.17) is 0 Å². The quantitative estimate of drug-likeness (QED) is 0.831. The standard InChI is InChI=1S/C15H26N2O/c1-16-14-4-6-17(7-5-14)15(18)10-13-9-11-2-3-12(13)8-11/h11-14,16H,2-10H2,1H3. The molecule has 3 unspecified atom stereocenters. The molecule has 1 N–H and O–H groups in total. The molecular weight excluding hydrogens is 224 g/mol. The SMILES string of the molecule is CNC1CCN(C(=O)CC2CC3CCC2C3)CC1. The van der Waals surface area contributed by atoms with E-state index in [9.17, 15) is 4.79 Å². The molecule has 3 heteroatoms. The number of nitrogens with one attached hydrogen (secondary N) is 1. The van der Waals surface area contributed by atoms with E-state index in [0.29, 0.717) is 11.9 Å². The van der Waals surface area contributed by atoms with Gasteiger partial charge in [-0.3, -0.25) is 4.79 Å². The largest absolute Gasteiger partial charge is 0.343 e. The van der Waals surface area contributed by atoms with Gasteiger partial charge in [-0.25, -0.2) is 0 Å². The van der Waals surface area contributed by atoms with Crippen molar-refractivity contribution < 1.29 is 4.79 Å². The van der Waals surface area contributed by atoms with Crippen molar-refractivity contribution in [1.29, 1.82) is 0 Å². The molecule has 0 radical (unpaired) electrons. The van der Waals surface area contributed by atoms with E-state index in [-0.39, 0.29) is 0 Å². The molecule has 2 aliphatic carbocycles. The third kappa shape index (κ3) is 2.42. The van der Waals surface area contributed by atoms with Crippen LogP contribution in [0.4, 0.5) is 0 Å². The summed E-state index contributed by atoms with van der Waals surface area (Å²) >= 11 is 0. The van der Waals surface area contributed by atoms with Crippen LogP contribution in [0.25, 0.3) is 0 Å². The van der Waals surface area contributed by atoms with E-state index in [1.807, 2.05) is 7.05 Å². The Kier molecular flexibility index (Phi) is 3.60. The molecule has 0 aromatic carbocycles. The summed E-state index contributed by atoms with van der Waals surface area (Å²) in [6.45, 7) is 1.93. The highest BCUT2D eigenvalue weighted by molar-refractivity contribution is 5.76. The van der Waals surface area contributed by atoms with Crippen molar-refractivity contribution in [1.82, 2.24) is 10.2 Å². The van der Waals surface area contributed by atoms with E-state index >= 15 is 0 Å². The van der Waals surface area contributed by atoms with Gasteiger partial charge in [0.05, 0.1) is 0 Å². The number of carbonyl (C=O) groups excluding carboxylic acids is 1. The lowest BCUT2D eigenvalue weighted by molar-refractivity contribution is -0.133. The van der Waals surface area contributed by atoms with Gasteiger partial charge >= 0.3 is 0 Å². The minimum absolute atomic E-state index is 0.433. The van der Waals surface area contributed by atoms with Gasteiger partial charge in [0.1, 0.15) is 0 Å². The lowest BCUT2D eigenvalue weighted by atomic mass is 9.86. The smallest absolute Gasteiger partial charge is 0.222 e. The molecule has 0 aromatic rings. The van der Waals surface area contributed by atoms with Crippen LogP contribution in [-0.2, 0) is 4.79 Å². The fraction of sp³-hybridized carbons (Fsp3) is 0.933. The number of hydrogen-bond acceptors (Lipinski definition) is 2. The molecule has 18 heavy (non-hydrogen) atoms. The maximum Gasteiger partial charge on any atom is 0.222 e. The van der Waals surface area contributed by atoms with E-state index in [1.54, 1.807) is 0 Å². The van der Waals surface area contributed by atoms with Crippen molar-refractivity contribution in [3.8, 4) is 0 Å². The first-order valence-corrected chi connectivity index (χ1v) is 7.71. The summed E-state index contributed by atoms with van der Waals surface area (Å²) in [6.07, 6.45) is 8.67. The van der Waals surface area contributed by atoms with Crippen LogP contribution in [0, 0.1) is 17.8 Å². The minimum atomic E-state index is 0.433. The molecule has 3 rings (SSSR count). The van der Waals surface area contributed by atoms with Gasteiger partial charge < -0.3 is 10.2 Å². The van der Waals surface area contributed by atoms with Gasteiger partial charge in [0.2, 0.25) is 5.91 Å². The third-order valence-corrected chi connectivity index (χ3v) is 5.58. The van der Waals surface area contributed by atoms with Gasteiger partial charge in [-0.15, -0.1) is 0 Å². The van der Waals surface area contributed by atoms with Gasteiger partial charge in [0, 0.05) is 25.6 Å². The molecule has 2 bridgehead atoms. The number of hydrogen-bond donors (Lipinski definition) is 1. The second-order valence-electron chi connectivity index (χ2n) is 6.58. The van der Waals surface area contributed by atoms with Crippen LogP contribution in [0.1, 0.15) is 44.9 Å². The van der Waals surface area contributed by atoms with Gasteiger partial charge in [-0.05, 0) is 56.9 Å². The Morgan fingerprint density at radius 2 is 1.94 bits per heavy atom. The zero-order valence-electron chi connectivity index (χ0n) is 11.5. The van der Waals surface area contributed by atoms with E-state index in [0.717, 1.165) is 50.1 Å². The summed E-state index contributed by atoms with van der Waals surface area (Å²) in [6, 6.07) is 0.622. The predicted octanol–water partition coefficient (Wildman–Crippen LogP) is 2.02. The van der Waals surface area contributed by atoms with Gasteiger partial charge in [-0.1, -0.05) is 6.42 Å². The van der Waals surface area contributed by atoms with E-state index < -0.39 is 0 Å². The van der Waals surface area contributed by atoms with Gasteiger partial charge in [0.25, 0.3) is 0 Å². The van der Waals surface area contributed by atoms with Crippen molar-refractivity contribution in [2.45, 2.75) is 51.0 Å². The predicted molar refractivity (Wildman–Crippen MR) is 72.2 cm³/mol. The summed E-state index contributed by atoms with van der Waals surface area (Å²) < 4.78 is 0. The van der Waals surface area contributed by atoms with Crippen molar-refractivity contribution in [2.24, 2.45) is 17.8 Å². The molecule has 2 saturated carbocycles. The number of nitrogens with zero attached hydrogens (tertiary/aromatic N) is 1. The first-order valence-electron chi connectivity index (χ1n) is 7.71. The summed E-state index contributed by atoms with van der Waals surface area (Å²) in [5.74, 6) is 3.00. The van der Waals surface area contributed by atoms with Crippen molar-refractivity contribution in [2.75, 3.05) is 20.1 Å². The second kappa shape index (κ2) is 5.20. The summed E-state index contributed by atoms with van der Waals surface area (Å²) in [7, 11) is 2.03. The van der Waals surface area contributed by atoms with Crippen molar-refractivity contribution in [3.05, 3.63) is 0 Å². The normalized spacial score (nSPS) is 36.3. The molecule has 1 heterocycles. The maximum atomic E-state index is 12.3. The molecule has 0 spiro atoms. The topological polar surface area (TPSA) is 32.3 Å². The first kappa shape index (κ1) is 12.5. The average Bonchev–Trinajstić information content (AvgIpc) is 3.01. The zero-order valence-corrected chi connectivity index (χ0v) is 11.5. The molecule has 1 aliphatic heterocycles. The lowest BCUT2D eigenvalue weighted by Crippen LogP contribution is -2.44. The monoisotopic (exact) mass is 250 g/mol. The molecule has 102 valence electrons. The lowest BCUT2D eigenvalue weighted by Gasteiger charge is -2.33. The molecule has 3 nitrogen and oxygen atoms in total. The highest BCUT2D eigenvalue weighted by atomic mass is 16.2. The Labute approximate surface area is 110 Å². The molecular formula is C15H26N2O. The van der Waals surface area contributed by atoms with Crippen LogP contribution < -0.4 is 5.32 Å². The van der Waals surface area contributed by atoms with Crippen LogP contribution in [0.3, 0.4) is 0 Å². The first-order chi connectivity index (χ1) is 8.76. The number of fused-ring (bicyclic) bond motifs is 2. The molecule has 3 atom stereocenters. The molecule has 3 fully saturated rings.